The lowest BCUT2D eigenvalue weighted by Crippen LogP contribution is -3.15. The summed E-state index contributed by atoms with van der Waals surface area (Å²) in [6.45, 7) is 5.77. The second-order valence-electron chi connectivity index (χ2n) is 7.31. The predicted molar refractivity (Wildman–Crippen MR) is 112 cm³/mol. The standard InChI is InChI=1S/C23H26N4O/c1-2-20-17-21(28)25-23(24-20)27-15-13-26(14-16-27)22(18-9-5-3-6-10-18)19-11-7-4-8-12-19/h3-12,17,22H,2,13-16H2,1H3,(H,24,25,28)/p+1. The zero-order valence-corrected chi connectivity index (χ0v) is 16.3. The fraction of sp³-hybridized carbons (Fsp3) is 0.304. The summed E-state index contributed by atoms with van der Waals surface area (Å²) in [7, 11) is 0. The summed E-state index contributed by atoms with van der Waals surface area (Å²) in [4.78, 5) is 23.2. The van der Waals surface area contributed by atoms with Crippen LogP contribution in [0.2, 0.25) is 0 Å². The van der Waals surface area contributed by atoms with Gasteiger partial charge in [-0.3, -0.25) is 9.78 Å². The smallest absolute Gasteiger partial charge is 0.252 e. The van der Waals surface area contributed by atoms with Crippen molar-refractivity contribution in [3.63, 3.8) is 0 Å². The number of nitrogens with zero attached hydrogens (tertiary/aromatic N) is 2. The number of aromatic amines is 1. The maximum Gasteiger partial charge on any atom is 0.252 e. The van der Waals surface area contributed by atoms with Crippen molar-refractivity contribution in [2.75, 3.05) is 31.1 Å². The van der Waals surface area contributed by atoms with Gasteiger partial charge in [0.15, 0.2) is 0 Å². The molecule has 2 N–H and O–H groups in total. The van der Waals surface area contributed by atoms with Crippen molar-refractivity contribution >= 4 is 5.95 Å². The van der Waals surface area contributed by atoms with Crippen LogP contribution in [0.15, 0.2) is 71.5 Å². The maximum atomic E-state index is 11.9. The Labute approximate surface area is 165 Å². The molecule has 28 heavy (non-hydrogen) atoms. The van der Waals surface area contributed by atoms with Crippen LogP contribution in [0.3, 0.4) is 0 Å². The van der Waals surface area contributed by atoms with Crippen molar-refractivity contribution in [3.8, 4) is 0 Å². The fourth-order valence-electron chi connectivity index (χ4n) is 4.07. The number of quaternary nitrogens is 1. The van der Waals surface area contributed by atoms with Gasteiger partial charge < -0.3 is 9.80 Å². The topological polar surface area (TPSA) is 53.4 Å². The van der Waals surface area contributed by atoms with E-state index in [1.807, 2.05) is 6.92 Å². The number of anilines is 1. The van der Waals surface area contributed by atoms with Gasteiger partial charge in [-0.1, -0.05) is 67.6 Å². The monoisotopic (exact) mass is 375 g/mol. The summed E-state index contributed by atoms with van der Waals surface area (Å²) < 4.78 is 0. The number of hydrogen-bond acceptors (Lipinski definition) is 3. The first kappa shape index (κ1) is 18.4. The van der Waals surface area contributed by atoms with Gasteiger partial charge in [-0.05, 0) is 6.42 Å². The van der Waals surface area contributed by atoms with Crippen LogP contribution in [0.25, 0.3) is 0 Å². The largest absolute Gasteiger partial charge is 0.331 e. The van der Waals surface area contributed by atoms with Crippen LogP contribution in [0.1, 0.15) is 29.8 Å². The number of rotatable bonds is 5. The second-order valence-corrected chi connectivity index (χ2v) is 7.31. The first-order valence-electron chi connectivity index (χ1n) is 10.0. The highest BCUT2D eigenvalue weighted by atomic mass is 16.1. The third kappa shape index (κ3) is 3.99. The second kappa shape index (κ2) is 8.40. The van der Waals surface area contributed by atoms with Gasteiger partial charge >= 0.3 is 0 Å². The molecule has 2 aromatic carbocycles. The molecule has 5 nitrogen and oxygen atoms in total. The van der Waals surface area contributed by atoms with Crippen LogP contribution < -0.4 is 15.4 Å². The number of aryl methyl sites for hydroxylation is 1. The third-order valence-electron chi connectivity index (χ3n) is 5.52. The highest BCUT2D eigenvalue weighted by molar-refractivity contribution is 5.32. The Bertz CT molecular complexity index is 908. The van der Waals surface area contributed by atoms with Crippen molar-refractivity contribution < 1.29 is 4.90 Å². The van der Waals surface area contributed by atoms with Crippen molar-refractivity contribution in [1.82, 2.24) is 9.97 Å². The van der Waals surface area contributed by atoms with E-state index in [9.17, 15) is 4.79 Å². The molecular formula is C23H27N4O+. The van der Waals surface area contributed by atoms with Gasteiger partial charge in [-0.15, -0.1) is 0 Å². The Morgan fingerprint density at radius 3 is 2.11 bits per heavy atom. The van der Waals surface area contributed by atoms with Gasteiger partial charge in [0, 0.05) is 22.9 Å². The summed E-state index contributed by atoms with van der Waals surface area (Å²) in [5.41, 5.74) is 3.47. The SMILES string of the molecule is CCc1cc(=O)[nH]c(N2CC[NH+](C(c3ccccc3)c3ccccc3)CC2)n1. The van der Waals surface area contributed by atoms with E-state index in [0.717, 1.165) is 38.3 Å². The number of aromatic nitrogens is 2. The molecule has 0 bridgehead atoms. The molecule has 0 aliphatic carbocycles. The van der Waals surface area contributed by atoms with Crippen LogP contribution in [0.5, 0.6) is 0 Å². The van der Waals surface area contributed by atoms with E-state index in [-0.39, 0.29) is 5.56 Å². The number of piperazine rings is 1. The Balaban J connectivity index is 1.55. The maximum absolute atomic E-state index is 11.9. The zero-order valence-electron chi connectivity index (χ0n) is 16.3. The lowest BCUT2D eigenvalue weighted by molar-refractivity contribution is -0.926. The van der Waals surface area contributed by atoms with E-state index < -0.39 is 0 Å². The molecule has 0 spiro atoms. The third-order valence-corrected chi connectivity index (χ3v) is 5.52. The summed E-state index contributed by atoms with van der Waals surface area (Å²) in [5, 5.41) is 0. The molecule has 3 aromatic rings. The van der Waals surface area contributed by atoms with Crippen molar-refractivity contribution in [1.29, 1.82) is 0 Å². The molecule has 1 aliphatic heterocycles. The zero-order chi connectivity index (χ0) is 19.3. The van der Waals surface area contributed by atoms with Crippen LogP contribution in [0, 0.1) is 0 Å². The lowest BCUT2D eigenvalue weighted by Gasteiger charge is -2.37. The molecule has 0 saturated carbocycles. The molecule has 0 unspecified atom stereocenters. The fourth-order valence-corrected chi connectivity index (χ4v) is 4.07. The van der Waals surface area contributed by atoms with Crippen molar-refractivity contribution in [3.05, 3.63) is 93.9 Å². The molecule has 1 aromatic heterocycles. The van der Waals surface area contributed by atoms with E-state index in [2.05, 4.69) is 75.5 Å². The van der Waals surface area contributed by atoms with E-state index >= 15 is 0 Å². The molecule has 5 heteroatoms. The summed E-state index contributed by atoms with van der Waals surface area (Å²) in [5.74, 6) is 0.708. The molecule has 144 valence electrons. The molecule has 1 aliphatic rings. The molecule has 0 atom stereocenters. The molecular weight excluding hydrogens is 348 g/mol. The van der Waals surface area contributed by atoms with Gasteiger partial charge in [0.25, 0.3) is 5.56 Å². The van der Waals surface area contributed by atoms with Crippen LogP contribution in [-0.2, 0) is 6.42 Å². The number of benzene rings is 2. The normalized spacial score (nSPS) is 15.1. The lowest BCUT2D eigenvalue weighted by atomic mass is 9.96. The van der Waals surface area contributed by atoms with Crippen LogP contribution in [-0.4, -0.2) is 36.1 Å². The van der Waals surface area contributed by atoms with Crippen LogP contribution >= 0.6 is 0 Å². The van der Waals surface area contributed by atoms with Gasteiger partial charge in [-0.25, -0.2) is 4.98 Å². The first-order chi connectivity index (χ1) is 13.7. The van der Waals surface area contributed by atoms with Crippen molar-refractivity contribution in [2.24, 2.45) is 0 Å². The highest BCUT2D eigenvalue weighted by Gasteiger charge is 2.30. The minimum Gasteiger partial charge on any atom is -0.331 e. The first-order valence-corrected chi connectivity index (χ1v) is 10.0. The van der Waals surface area contributed by atoms with Gasteiger partial charge in [0.1, 0.15) is 6.04 Å². The van der Waals surface area contributed by atoms with Gasteiger partial charge in [0.05, 0.1) is 26.2 Å². The minimum atomic E-state index is -0.0666. The molecule has 0 radical (unpaired) electrons. The van der Waals surface area contributed by atoms with E-state index in [1.54, 1.807) is 11.0 Å². The molecule has 2 heterocycles. The Hall–Kier alpha value is -2.92. The Morgan fingerprint density at radius 2 is 1.57 bits per heavy atom. The molecule has 1 fully saturated rings. The van der Waals surface area contributed by atoms with Gasteiger partial charge in [-0.2, -0.15) is 0 Å². The van der Waals surface area contributed by atoms with E-state index in [4.69, 9.17) is 0 Å². The Morgan fingerprint density at radius 1 is 1.00 bits per heavy atom. The quantitative estimate of drug-likeness (QED) is 0.715. The summed E-state index contributed by atoms with van der Waals surface area (Å²) in [6.07, 6.45) is 0.770. The number of H-pyrrole nitrogens is 1. The highest BCUT2D eigenvalue weighted by Crippen LogP contribution is 2.19. The minimum absolute atomic E-state index is 0.0666. The predicted octanol–water partition coefficient (Wildman–Crippen LogP) is 1.83. The molecule has 4 rings (SSSR count). The van der Waals surface area contributed by atoms with Crippen molar-refractivity contribution in [2.45, 2.75) is 19.4 Å². The van der Waals surface area contributed by atoms with E-state index in [1.165, 1.54) is 11.1 Å². The summed E-state index contributed by atoms with van der Waals surface area (Å²) >= 11 is 0. The average Bonchev–Trinajstić information content (AvgIpc) is 2.75. The summed E-state index contributed by atoms with van der Waals surface area (Å²) in [6, 6.07) is 23.4. The average molecular weight is 375 g/mol. The van der Waals surface area contributed by atoms with Crippen LogP contribution in [0.4, 0.5) is 5.95 Å². The number of nitrogens with one attached hydrogen (secondary N) is 2. The number of hydrogen-bond donors (Lipinski definition) is 2. The van der Waals surface area contributed by atoms with E-state index in [0.29, 0.717) is 12.0 Å². The Kier molecular flexibility index (Phi) is 5.53. The molecule has 0 amide bonds. The molecule has 1 saturated heterocycles. The van der Waals surface area contributed by atoms with Gasteiger partial charge in [0.2, 0.25) is 5.95 Å².